The summed E-state index contributed by atoms with van der Waals surface area (Å²) in [6, 6.07) is 8.10. The quantitative estimate of drug-likeness (QED) is 0.572. The van der Waals surface area contributed by atoms with Crippen LogP contribution in [0.3, 0.4) is 0 Å². The van der Waals surface area contributed by atoms with Crippen LogP contribution in [0.2, 0.25) is 0 Å². The van der Waals surface area contributed by atoms with E-state index in [9.17, 15) is 5.11 Å². The Kier molecular flexibility index (Phi) is 9.17. The summed E-state index contributed by atoms with van der Waals surface area (Å²) in [6.45, 7) is 3.96. The first-order chi connectivity index (χ1) is 10.6. The van der Waals surface area contributed by atoms with Gasteiger partial charge in [-0.05, 0) is 37.5 Å². The number of ether oxygens (including phenoxy) is 1. The normalized spacial score (nSPS) is 13.8. The Bertz CT molecular complexity index is 388. The molecule has 1 aromatic rings. The molecule has 0 bridgehead atoms. The smallest absolute Gasteiger partial charge is 0.131 e. The topological polar surface area (TPSA) is 49.7 Å². The first-order valence-corrected chi connectivity index (χ1v) is 8.63. The van der Waals surface area contributed by atoms with Crippen LogP contribution in [0.15, 0.2) is 24.3 Å². The average molecular weight is 308 g/mol. The molecular weight excluding hydrogens is 276 g/mol. The van der Waals surface area contributed by atoms with Crippen molar-refractivity contribution in [1.29, 1.82) is 0 Å². The predicted molar refractivity (Wildman–Crippen MR) is 91.3 cm³/mol. The summed E-state index contributed by atoms with van der Waals surface area (Å²) in [5, 5.41) is 18.4. The Balaban J connectivity index is 2.36. The monoisotopic (exact) mass is 308 g/mol. The van der Waals surface area contributed by atoms with E-state index in [0.29, 0.717) is 6.42 Å². The molecule has 2 N–H and O–H groups in total. The molecule has 1 unspecified atom stereocenters. The van der Waals surface area contributed by atoms with Crippen LogP contribution in [0.5, 0.6) is 5.75 Å². The molecule has 1 atom stereocenters. The Morgan fingerprint density at radius 3 is 2.18 bits per heavy atom. The number of hydrogen-bond acceptors (Lipinski definition) is 3. The van der Waals surface area contributed by atoms with E-state index in [1.807, 2.05) is 19.1 Å². The van der Waals surface area contributed by atoms with Crippen molar-refractivity contribution in [3.05, 3.63) is 29.8 Å². The van der Waals surface area contributed by atoms with E-state index in [1.54, 1.807) is 0 Å². The molecule has 0 amide bonds. The zero-order chi connectivity index (χ0) is 16.3. The second kappa shape index (κ2) is 10.6. The number of rotatable bonds is 12. The van der Waals surface area contributed by atoms with Gasteiger partial charge in [0.1, 0.15) is 11.4 Å². The van der Waals surface area contributed by atoms with Crippen molar-refractivity contribution in [2.45, 2.75) is 70.8 Å². The van der Waals surface area contributed by atoms with Crippen LogP contribution in [0.4, 0.5) is 0 Å². The lowest BCUT2D eigenvalue weighted by atomic mass is 10.0. The molecule has 0 aliphatic rings. The second-order valence-corrected chi connectivity index (χ2v) is 6.35. The molecule has 1 aromatic carbocycles. The highest BCUT2D eigenvalue weighted by Crippen LogP contribution is 2.22. The van der Waals surface area contributed by atoms with Crippen molar-refractivity contribution < 1.29 is 14.9 Å². The van der Waals surface area contributed by atoms with E-state index in [2.05, 4.69) is 19.1 Å². The van der Waals surface area contributed by atoms with Crippen LogP contribution < -0.4 is 4.74 Å². The highest BCUT2D eigenvalue weighted by molar-refractivity contribution is 5.28. The fraction of sp³-hybridized carbons (Fsp3) is 0.684. The van der Waals surface area contributed by atoms with E-state index in [-0.39, 0.29) is 13.2 Å². The van der Waals surface area contributed by atoms with Crippen molar-refractivity contribution in [3.63, 3.8) is 0 Å². The maximum atomic E-state index is 9.40. The predicted octanol–water partition coefficient (Wildman–Crippen LogP) is 4.10. The third kappa shape index (κ3) is 7.28. The van der Waals surface area contributed by atoms with Crippen molar-refractivity contribution in [2.24, 2.45) is 0 Å². The summed E-state index contributed by atoms with van der Waals surface area (Å²) >= 11 is 0. The molecule has 0 fully saturated rings. The molecule has 126 valence electrons. The van der Waals surface area contributed by atoms with Gasteiger partial charge in [-0.3, -0.25) is 0 Å². The van der Waals surface area contributed by atoms with Gasteiger partial charge in [0.25, 0.3) is 0 Å². The maximum absolute atomic E-state index is 9.40. The summed E-state index contributed by atoms with van der Waals surface area (Å²) < 4.78 is 5.81. The van der Waals surface area contributed by atoms with Crippen LogP contribution >= 0.6 is 0 Å². The number of aliphatic hydroxyl groups is 2. The second-order valence-electron chi connectivity index (χ2n) is 6.35. The van der Waals surface area contributed by atoms with Gasteiger partial charge < -0.3 is 14.9 Å². The van der Waals surface area contributed by atoms with E-state index >= 15 is 0 Å². The Morgan fingerprint density at radius 2 is 1.59 bits per heavy atom. The minimum Gasteiger partial charge on any atom is -0.485 e. The molecule has 3 heteroatoms. The highest BCUT2D eigenvalue weighted by Gasteiger charge is 2.24. The third-order valence-electron chi connectivity index (χ3n) is 4.08. The lowest BCUT2D eigenvalue weighted by Crippen LogP contribution is -2.37. The molecule has 0 saturated heterocycles. The molecule has 3 nitrogen and oxygen atoms in total. The molecule has 0 aliphatic carbocycles. The van der Waals surface area contributed by atoms with Crippen molar-refractivity contribution >= 4 is 0 Å². The summed E-state index contributed by atoms with van der Waals surface area (Å²) in [7, 11) is 0. The van der Waals surface area contributed by atoms with Crippen LogP contribution in [0, 0.1) is 0 Å². The zero-order valence-corrected chi connectivity index (χ0v) is 14.2. The average Bonchev–Trinajstić information content (AvgIpc) is 2.52. The van der Waals surface area contributed by atoms with Gasteiger partial charge in [-0.2, -0.15) is 0 Å². The molecule has 0 radical (unpaired) electrons. The van der Waals surface area contributed by atoms with Crippen LogP contribution in [0.25, 0.3) is 0 Å². The molecule has 0 aliphatic heterocycles. The maximum Gasteiger partial charge on any atom is 0.131 e. The standard InChI is InChI=1S/C19H32O3/c1-3-4-5-6-7-8-9-17-10-12-18(13-11-17)22-19(2,16-21)14-15-20/h10-13,20-21H,3-9,14-16H2,1-2H3. The minimum absolute atomic E-state index is 0.00712. The third-order valence-corrected chi connectivity index (χ3v) is 4.08. The number of benzene rings is 1. The van der Waals surface area contributed by atoms with E-state index in [0.717, 1.165) is 12.2 Å². The molecule has 0 heterocycles. The van der Waals surface area contributed by atoms with Gasteiger partial charge in [-0.15, -0.1) is 0 Å². The Labute approximate surface area is 135 Å². The lowest BCUT2D eigenvalue weighted by molar-refractivity contribution is 0.00550. The highest BCUT2D eigenvalue weighted by atomic mass is 16.5. The Hall–Kier alpha value is -1.06. The molecule has 0 aromatic heterocycles. The summed E-state index contributed by atoms with van der Waals surface area (Å²) in [5.41, 5.74) is 0.617. The van der Waals surface area contributed by atoms with Gasteiger partial charge >= 0.3 is 0 Å². The number of unbranched alkanes of at least 4 members (excludes halogenated alkanes) is 5. The SMILES string of the molecule is CCCCCCCCc1ccc(OC(C)(CO)CCO)cc1. The number of hydrogen-bond donors (Lipinski definition) is 2. The Morgan fingerprint density at radius 1 is 0.955 bits per heavy atom. The summed E-state index contributed by atoms with van der Waals surface area (Å²) in [5.74, 6) is 0.747. The van der Waals surface area contributed by atoms with Gasteiger partial charge in [0, 0.05) is 13.0 Å². The molecule has 1 rings (SSSR count). The van der Waals surface area contributed by atoms with Crippen LogP contribution in [-0.2, 0) is 6.42 Å². The lowest BCUT2D eigenvalue weighted by Gasteiger charge is -2.28. The van der Waals surface area contributed by atoms with Gasteiger partial charge in [0.15, 0.2) is 0 Å². The van der Waals surface area contributed by atoms with E-state index < -0.39 is 5.60 Å². The largest absolute Gasteiger partial charge is 0.485 e. The van der Waals surface area contributed by atoms with Gasteiger partial charge in [0.05, 0.1) is 6.61 Å². The molecule has 0 spiro atoms. The first-order valence-electron chi connectivity index (χ1n) is 8.63. The summed E-state index contributed by atoms with van der Waals surface area (Å²) in [4.78, 5) is 0. The van der Waals surface area contributed by atoms with Crippen LogP contribution in [-0.4, -0.2) is 29.0 Å². The van der Waals surface area contributed by atoms with Crippen molar-refractivity contribution in [2.75, 3.05) is 13.2 Å². The van der Waals surface area contributed by atoms with Gasteiger partial charge in [0.2, 0.25) is 0 Å². The first kappa shape index (κ1) is 19.0. The minimum atomic E-state index is -0.713. The van der Waals surface area contributed by atoms with Gasteiger partial charge in [-0.1, -0.05) is 51.2 Å². The molecule has 22 heavy (non-hydrogen) atoms. The fourth-order valence-electron chi connectivity index (χ4n) is 2.52. The number of aryl methyl sites for hydroxylation is 1. The fourth-order valence-corrected chi connectivity index (χ4v) is 2.52. The van der Waals surface area contributed by atoms with Crippen LogP contribution in [0.1, 0.15) is 64.4 Å². The van der Waals surface area contributed by atoms with E-state index in [4.69, 9.17) is 9.84 Å². The molecular formula is C19H32O3. The van der Waals surface area contributed by atoms with E-state index in [1.165, 1.54) is 44.1 Å². The van der Waals surface area contributed by atoms with Crippen molar-refractivity contribution in [3.8, 4) is 5.75 Å². The summed E-state index contributed by atoms with van der Waals surface area (Å²) in [6.07, 6.45) is 9.41. The number of aliphatic hydroxyl groups excluding tert-OH is 2. The van der Waals surface area contributed by atoms with Crippen molar-refractivity contribution in [1.82, 2.24) is 0 Å². The molecule has 0 saturated carbocycles. The van der Waals surface area contributed by atoms with Gasteiger partial charge in [-0.25, -0.2) is 0 Å². The zero-order valence-electron chi connectivity index (χ0n) is 14.2.